The first-order valence-corrected chi connectivity index (χ1v) is 4.56. The van der Waals surface area contributed by atoms with Gasteiger partial charge in [-0.15, -0.1) is 0 Å². The molecule has 3 heteroatoms. The van der Waals surface area contributed by atoms with Gasteiger partial charge < -0.3 is 11.5 Å². The molecule has 1 unspecified atom stereocenters. The van der Waals surface area contributed by atoms with Crippen molar-refractivity contribution in [2.45, 2.75) is 40.2 Å². The summed E-state index contributed by atoms with van der Waals surface area (Å²) >= 11 is 0. The van der Waals surface area contributed by atoms with E-state index in [-0.39, 0.29) is 11.5 Å². The fourth-order valence-electron chi connectivity index (χ4n) is 1.05. The highest BCUT2D eigenvalue weighted by atomic mass is 16.1. The van der Waals surface area contributed by atoms with E-state index in [1.54, 1.807) is 0 Å². The Balaban J connectivity index is 4.81. The van der Waals surface area contributed by atoms with Gasteiger partial charge in [-0.2, -0.15) is 0 Å². The van der Waals surface area contributed by atoms with Gasteiger partial charge in [-0.1, -0.05) is 33.8 Å². The number of primary amides is 1. The number of nitrogens with two attached hydrogens (primary N) is 2. The molecule has 0 saturated heterocycles. The van der Waals surface area contributed by atoms with Crippen LogP contribution in [-0.4, -0.2) is 11.9 Å². The Morgan fingerprint density at radius 3 is 2.15 bits per heavy atom. The summed E-state index contributed by atoms with van der Waals surface area (Å²) in [5.41, 5.74) is 11.5. The Kier molecular flexibility index (Phi) is 4.14. The fourth-order valence-corrected chi connectivity index (χ4v) is 1.05. The van der Waals surface area contributed by atoms with Gasteiger partial charge in [0.2, 0.25) is 5.91 Å². The number of hydrogen-bond acceptors (Lipinski definition) is 2. The van der Waals surface area contributed by atoms with Crippen molar-refractivity contribution in [1.82, 2.24) is 0 Å². The second-order valence-corrected chi connectivity index (χ2v) is 4.34. The first-order valence-electron chi connectivity index (χ1n) is 4.56. The summed E-state index contributed by atoms with van der Waals surface area (Å²) in [5.74, 6) is -0.413. The van der Waals surface area contributed by atoms with Gasteiger partial charge in [-0.25, -0.2) is 0 Å². The minimum absolute atomic E-state index is 0.0584. The van der Waals surface area contributed by atoms with E-state index in [1.807, 2.05) is 33.8 Å². The molecule has 0 aliphatic rings. The zero-order valence-corrected chi connectivity index (χ0v) is 8.92. The van der Waals surface area contributed by atoms with E-state index in [0.717, 1.165) is 6.42 Å². The largest absolute Gasteiger partial charge is 0.366 e. The molecule has 0 heterocycles. The van der Waals surface area contributed by atoms with Crippen molar-refractivity contribution >= 4 is 5.91 Å². The molecule has 1 amide bonds. The molecule has 0 rings (SSSR count). The topological polar surface area (TPSA) is 69.1 Å². The van der Waals surface area contributed by atoms with Crippen molar-refractivity contribution in [2.24, 2.45) is 16.9 Å². The Morgan fingerprint density at radius 1 is 1.46 bits per heavy atom. The maximum atomic E-state index is 11.1. The summed E-state index contributed by atoms with van der Waals surface area (Å²) in [4.78, 5) is 11.1. The predicted octanol–water partition coefficient (Wildman–Crippen LogP) is 1.18. The monoisotopic (exact) mass is 184 g/mol. The van der Waals surface area contributed by atoms with Crippen LogP contribution in [0.2, 0.25) is 0 Å². The van der Waals surface area contributed by atoms with Crippen LogP contribution in [0.1, 0.15) is 34.1 Å². The van der Waals surface area contributed by atoms with E-state index in [2.05, 4.69) is 0 Å². The molecule has 13 heavy (non-hydrogen) atoms. The third kappa shape index (κ3) is 4.68. The molecule has 0 spiro atoms. The standard InChI is InChI=1S/C10H20N2O/c1-5-8(11)7(9(12)13)6-10(2,3)4/h6,8H,5,11H2,1-4H3,(H2,12,13). The Bertz CT molecular complexity index is 213. The van der Waals surface area contributed by atoms with Crippen LogP contribution in [0, 0.1) is 5.41 Å². The van der Waals surface area contributed by atoms with Crippen LogP contribution < -0.4 is 11.5 Å². The average molecular weight is 184 g/mol. The Hall–Kier alpha value is -0.830. The maximum Gasteiger partial charge on any atom is 0.245 e. The van der Waals surface area contributed by atoms with Crippen molar-refractivity contribution < 1.29 is 4.79 Å². The van der Waals surface area contributed by atoms with Crippen LogP contribution in [0.25, 0.3) is 0 Å². The van der Waals surface area contributed by atoms with Gasteiger partial charge >= 0.3 is 0 Å². The molecule has 76 valence electrons. The van der Waals surface area contributed by atoms with Gasteiger partial charge in [0.15, 0.2) is 0 Å². The van der Waals surface area contributed by atoms with Crippen LogP contribution in [0.5, 0.6) is 0 Å². The average Bonchev–Trinajstić information content (AvgIpc) is 1.96. The lowest BCUT2D eigenvalue weighted by Gasteiger charge is -2.18. The molecule has 0 aliphatic heterocycles. The first kappa shape index (κ1) is 12.2. The summed E-state index contributed by atoms with van der Waals surface area (Å²) in [6, 6.07) is -0.239. The third-order valence-electron chi connectivity index (χ3n) is 1.71. The van der Waals surface area contributed by atoms with Gasteiger partial charge in [0.1, 0.15) is 0 Å². The quantitative estimate of drug-likeness (QED) is 0.647. The first-order chi connectivity index (χ1) is 5.78. The second kappa shape index (κ2) is 4.42. The van der Waals surface area contributed by atoms with E-state index < -0.39 is 5.91 Å². The zero-order valence-electron chi connectivity index (χ0n) is 8.92. The molecule has 1 atom stereocenters. The van der Waals surface area contributed by atoms with Gasteiger partial charge in [-0.3, -0.25) is 4.79 Å². The van der Waals surface area contributed by atoms with Gasteiger partial charge in [-0.05, 0) is 11.8 Å². The van der Waals surface area contributed by atoms with Gasteiger partial charge in [0.25, 0.3) is 0 Å². The molecule has 0 aromatic heterocycles. The molecule has 0 aromatic rings. The van der Waals surface area contributed by atoms with Gasteiger partial charge in [0, 0.05) is 11.6 Å². The van der Waals surface area contributed by atoms with Crippen LogP contribution in [0.15, 0.2) is 11.6 Å². The smallest absolute Gasteiger partial charge is 0.245 e. The molecule has 4 N–H and O–H groups in total. The predicted molar refractivity (Wildman–Crippen MR) is 55.0 cm³/mol. The van der Waals surface area contributed by atoms with Gasteiger partial charge in [0.05, 0.1) is 0 Å². The highest BCUT2D eigenvalue weighted by molar-refractivity contribution is 5.93. The Labute approximate surface area is 80.2 Å². The normalized spacial score (nSPS) is 15.6. The summed E-state index contributed by atoms with van der Waals surface area (Å²) < 4.78 is 0. The summed E-state index contributed by atoms with van der Waals surface area (Å²) in [5, 5.41) is 0. The number of rotatable bonds is 3. The molecule has 0 radical (unpaired) electrons. The highest BCUT2D eigenvalue weighted by Crippen LogP contribution is 2.19. The molecule has 0 fully saturated rings. The lowest BCUT2D eigenvalue weighted by Crippen LogP contribution is -2.31. The van der Waals surface area contributed by atoms with Crippen molar-refractivity contribution in [3.05, 3.63) is 11.6 Å². The van der Waals surface area contributed by atoms with E-state index in [4.69, 9.17) is 11.5 Å². The second-order valence-electron chi connectivity index (χ2n) is 4.34. The minimum Gasteiger partial charge on any atom is -0.366 e. The third-order valence-corrected chi connectivity index (χ3v) is 1.71. The van der Waals surface area contributed by atoms with E-state index >= 15 is 0 Å². The number of allylic oxidation sites excluding steroid dienone is 1. The molecule has 0 saturated carbocycles. The van der Waals surface area contributed by atoms with E-state index in [1.165, 1.54) is 0 Å². The number of amides is 1. The number of hydrogen-bond donors (Lipinski definition) is 2. The SMILES string of the molecule is CCC(N)C(=CC(C)(C)C)C(N)=O. The lowest BCUT2D eigenvalue weighted by molar-refractivity contribution is -0.114. The molecular formula is C10H20N2O. The number of carbonyl (C=O) groups is 1. The van der Waals surface area contributed by atoms with Crippen molar-refractivity contribution in [3.63, 3.8) is 0 Å². The fraction of sp³-hybridized carbons (Fsp3) is 0.700. The molecule has 0 bridgehead atoms. The van der Waals surface area contributed by atoms with Crippen LogP contribution in [-0.2, 0) is 4.79 Å². The molecular weight excluding hydrogens is 164 g/mol. The van der Waals surface area contributed by atoms with Crippen molar-refractivity contribution in [3.8, 4) is 0 Å². The summed E-state index contributed by atoms with van der Waals surface area (Å²) in [6.45, 7) is 7.97. The van der Waals surface area contributed by atoms with Crippen LogP contribution >= 0.6 is 0 Å². The van der Waals surface area contributed by atoms with E-state index in [9.17, 15) is 4.79 Å². The van der Waals surface area contributed by atoms with Crippen molar-refractivity contribution in [1.29, 1.82) is 0 Å². The summed E-state index contributed by atoms with van der Waals surface area (Å²) in [6.07, 6.45) is 2.58. The lowest BCUT2D eigenvalue weighted by atomic mass is 9.90. The zero-order chi connectivity index (χ0) is 10.6. The molecule has 0 aromatic carbocycles. The summed E-state index contributed by atoms with van der Waals surface area (Å²) in [7, 11) is 0. The van der Waals surface area contributed by atoms with Crippen molar-refractivity contribution in [2.75, 3.05) is 0 Å². The van der Waals surface area contributed by atoms with Crippen LogP contribution in [0.4, 0.5) is 0 Å². The molecule has 0 aliphatic carbocycles. The maximum absolute atomic E-state index is 11.1. The van der Waals surface area contributed by atoms with Crippen LogP contribution in [0.3, 0.4) is 0 Å². The van der Waals surface area contributed by atoms with E-state index in [0.29, 0.717) is 5.57 Å². The minimum atomic E-state index is -0.413. The number of carbonyl (C=O) groups excluding carboxylic acids is 1. The highest BCUT2D eigenvalue weighted by Gasteiger charge is 2.17. The molecule has 3 nitrogen and oxygen atoms in total. The Morgan fingerprint density at radius 2 is 1.92 bits per heavy atom.